The van der Waals surface area contributed by atoms with Gasteiger partial charge >= 0.3 is 0 Å². The fourth-order valence-electron chi connectivity index (χ4n) is 5.00. The largest absolute Gasteiger partial charge is 0.300 e. The Morgan fingerprint density at radius 2 is 1.81 bits per heavy atom. The molecule has 3 aliphatic rings. The van der Waals surface area contributed by atoms with Crippen molar-refractivity contribution in [1.29, 1.82) is 0 Å². The predicted molar refractivity (Wildman–Crippen MR) is 68.3 cm³/mol. The third-order valence-electron chi connectivity index (χ3n) is 6.15. The maximum absolute atomic E-state index is 2.77. The van der Waals surface area contributed by atoms with Gasteiger partial charge in [-0.1, -0.05) is 40.0 Å². The zero-order chi connectivity index (χ0) is 11.3. The van der Waals surface area contributed by atoms with E-state index < -0.39 is 0 Å². The van der Waals surface area contributed by atoms with Gasteiger partial charge in [0.05, 0.1) is 0 Å². The van der Waals surface area contributed by atoms with Crippen molar-refractivity contribution >= 4 is 0 Å². The standard InChI is InChI=1S/C15H27N/c1-4-16-9-13-8-14(16)11(3)15(10(13)2)12-6-5-7-12/h10-15H,4-9H2,1-3H3. The molecule has 0 amide bonds. The molecule has 0 radical (unpaired) electrons. The van der Waals surface area contributed by atoms with Crippen LogP contribution in [0.25, 0.3) is 0 Å². The minimum Gasteiger partial charge on any atom is -0.300 e. The highest BCUT2D eigenvalue weighted by molar-refractivity contribution is 5.01. The Kier molecular flexibility index (Phi) is 2.78. The van der Waals surface area contributed by atoms with Crippen LogP contribution >= 0.6 is 0 Å². The molecule has 5 atom stereocenters. The van der Waals surface area contributed by atoms with E-state index >= 15 is 0 Å². The van der Waals surface area contributed by atoms with Crippen molar-refractivity contribution in [3.63, 3.8) is 0 Å². The number of fused-ring (bicyclic) bond motifs is 2. The Hall–Kier alpha value is -0.0400. The van der Waals surface area contributed by atoms with E-state index in [-0.39, 0.29) is 0 Å². The maximum Gasteiger partial charge on any atom is 0.0127 e. The molecular formula is C15H27N. The first kappa shape index (κ1) is 11.1. The van der Waals surface area contributed by atoms with Crippen LogP contribution in [0.2, 0.25) is 0 Å². The van der Waals surface area contributed by atoms with Gasteiger partial charge < -0.3 is 4.90 Å². The topological polar surface area (TPSA) is 3.24 Å². The molecule has 1 heterocycles. The van der Waals surface area contributed by atoms with Crippen LogP contribution in [-0.2, 0) is 0 Å². The van der Waals surface area contributed by atoms with Crippen LogP contribution in [0.1, 0.15) is 46.5 Å². The lowest BCUT2D eigenvalue weighted by atomic mass is 9.59. The predicted octanol–water partition coefficient (Wildman–Crippen LogP) is 3.40. The minimum atomic E-state index is 0.928. The summed E-state index contributed by atoms with van der Waals surface area (Å²) in [6.07, 6.45) is 6.07. The van der Waals surface area contributed by atoms with Crippen LogP contribution in [0.5, 0.6) is 0 Å². The Labute approximate surface area is 101 Å². The molecule has 0 aromatic carbocycles. The highest BCUT2D eigenvalue weighted by Crippen LogP contribution is 2.52. The van der Waals surface area contributed by atoms with Crippen LogP contribution in [0.3, 0.4) is 0 Å². The highest BCUT2D eigenvalue weighted by Gasteiger charge is 2.50. The second kappa shape index (κ2) is 4.01. The lowest BCUT2D eigenvalue weighted by Crippen LogP contribution is -2.44. The molecule has 1 saturated heterocycles. The molecule has 1 nitrogen and oxygen atoms in total. The molecule has 5 unspecified atom stereocenters. The summed E-state index contributed by atoms with van der Waals surface area (Å²) in [5.41, 5.74) is 0. The van der Waals surface area contributed by atoms with Crippen molar-refractivity contribution in [3.8, 4) is 0 Å². The molecule has 1 heteroatoms. The molecule has 92 valence electrons. The summed E-state index contributed by atoms with van der Waals surface area (Å²) in [6.45, 7) is 10.1. The summed E-state index contributed by atoms with van der Waals surface area (Å²) >= 11 is 0. The van der Waals surface area contributed by atoms with Gasteiger partial charge in [-0.15, -0.1) is 0 Å². The smallest absolute Gasteiger partial charge is 0.0127 e. The zero-order valence-electron chi connectivity index (χ0n) is 11.2. The van der Waals surface area contributed by atoms with Crippen LogP contribution in [0, 0.1) is 29.6 Å². The third-order valence-corrected chi connectivity index (χ3v) is 6.15. The summed E-state index contributed by atoms with van der Waals surface area (Å²) < 4.78 is 0. The third kappa shape index (κ3) is 1.47. The number of hydrogen-bond donors (Lipinski definition) is 0. The van der Waals surface area contributed by atoms with Crippen molar-refractivity contribution < 1.29 is 0 Å². The Bertz CT molecular complexity index is 256. The van der Waals surface area contributed by atoms with Gasteiger partial charge in [-0.05, 0) is 42.6 Å². The summed E-state index contributed by atoms with van der Waals surface area (Å²) in [5.74, 6) is 5.11. The van der Waals surface area contributed by atoms with Gasteiger partial charge in [0.1, 0.15) is 0 Å². The summed E-state index contributed by atoms with van der Waals surface area (Å²) in [7, 11) is 0. The lowest BCUT2D eigenvalue weighted by Gasteiger charge is -2.47. The van der Waals surface area contributed by atoms with E-state index in [1.54, 1.807) is 0 Å². The molecular weight excluding hydrogens is 194 g/mol. The van der Waals surface area contributed by atoms with Gasteiger partial charge in [-0.2, -0.15) is 0 Å². The molecule has 1 aliphatic heterocycles. The molecule has 2 saturated carbocycles. The maximum atomic E-state index is 2.77. The zero-order valence-corrected chi connectivity index (χ0v) is 11.2. The first-order valence-corrected chi connectivity index (χ1v) is 7.46. The van der Waals surface area contributed by atoms with E-state index in [0.29, 0.717) is 0 Å². The fraction of sp³-hybridized carbons (Fsp3) is 1.00. The van der Waals surface area contributed by atoms with E-state index in [1.165, 1.54) is 38.8 Å². The summed E-state index contributed by atoms with van der Waals surface area (Å²) in [5, 5.41) is 0. The molecule has 3 rings (SSSR count). The first-order chi connectivity index (χ1) is 7.72. The second-order valence-corrected chi connectivity index (χ2v) is 6.64. The number of hydrogen-bond acceptors (Lipinski definition) is 1. The second-order valence-electron chi connectivity index (χ2n) is 6.64. The van der Waals surface area contributed by atoms with E-state index in [0.717, 1.165) is 35.6 Å². The highest BCUT2D eigenvalue weighted by atomic mass is 15.2. The average Bonchev–Trinajstić information content (AvgIpc) is 2.60. The van der Waals surface area contributed by atoms with Gasteiger partial charge in [-0.3, -0.25) is 0 Å². The number of rotatable bonds is 2. The number of nitrogens with zero attached hydrogens (tertiary/aromatic N) is 1. The Balaban J connectivity index is 1.80. The molecule has 3 fully saturated rings. The molecule has 0 aromatic rings. The van der Waals surface area contributed by atoms with Gasteiger partial charge in [0.2, 0.25) is 0 Å². The Morgan fingerprint density at radius 3 is 2.38 bits per heavy atom. The first-order valence-electron chi connectivity index (χ1n) is 7.46. The van der Waals surface area contributed by atoms with Gasteiger partial charge in [-0.25, -0.2) is 0 Å². The monoisotopic (exact) mass is 221 g/mol. The lowest BCUT2D eigenvalue weighted by molar-refractivity contribution is 0.0278. The normalized spacial score (nSPS) is 49.3. The molecule has 16 heavy (non-hydrogen) atoms. The van der Waals surface area contributed by atoms with Gasteiger partial charge in [0.15, 0.2) is 0 Å². The van der Waals surface area contributed by atoms with E-state index in [1.807, 2.05) is 0 Å². The van der Waals surface area contributed by atoms with Crippen LogP contribution in [0.15, 0.2) is 0 Å². The molecule has 0 N–H and O–H groups in total. The van der Waals surface area contributed by atoms with Crippen LogP contribution in [-0.4, -0.2) is 24.0 Å². The number of likely N-dealkylation sites (tertiary alicyclic amines) is 1. The molecule has 0 spiro atoms. The Morgan fingerprint density at radius 1 is 1.06 bits per heavy atom. The van der Waals surface area contributed by atoms with E-state index in [2.05, 4.69) is 25.7 Å². The van der Waals surface area contributed by atoms with Crippen LogP contribution in [0.4, 0.5) is 0 Å². The van der Waals surface area contributed by atoms with Crippen molar-refractivity contribution in [2.45, 2.75) is 52.5 Å². The minimum absolute atomic E-state index is 0.928. The molecule has 0 aromatic heterocycles. The SMILES string of the molecule is CCN1CC2CC1C(C)C(C1CCC1)C2C. The van der Waals surface area contributed by atoms with Crippen LogP contribution < -0.4 is 0 Å². The van der Waals surface area contributed by atoms with Crippen molar-refractivity contribution in [3.05, 3.63) is 0 Å². The van der Waals surface area contributed by atoms with E-state index in [9.17, 15) is 0 Å². The van der Waals surface area contributed by atoms with Crippen molar-refractivity contribution in [2.75, 3.05) is 13.1 Å². The van der Waals surface area contributed by atoms with E-state index in [4.69, 9.17) is 0 Å². The fourth-order valence-corrected chi connectivity index (χ4v) is 5.00. The molecule has 2 bridgehead atoms. The van der Waals surface area contributed by atoms with Crippen molar-refractivity contribution in [2.24, 2.45) is 29.6 Å². The van der Waals surface area contributed by atoms with Gasteiger partial charge in [0, 0.05) is 12.6 Å². The summed E-state index contributed by atoms with van der Waals surface area (Å²) in [4.78, 5) is 2.77. The molecule has 2 aliphatic carbocycles. The summed E-state index contributed by atoms with van der Waals surface area (Å²) in [6, 6.07) is 0.928. The van der Waals surface area contributed by atoms with Crippen molar-refractivity contribution in [1.82, 2.24) is 4.90 Å². The quantitative estimate of drug-likeness (QED) is 0.691. The average molecular weight is 221 g/mol. The van der Waals surface area contributed by atoms with Gasteiger partial charge in [0.25, 0.3) is 0 Å².